The van der Waals surface area contributed by atoms with E-state index in [0.717, 1.165) is 6.54 Å². The smallest absolute Gasteiger partial charge is 0.0233 e. The molecule has 0 aromatic heterocycles. The van der Waals surface area contributed by atoms with Crippen LogP contribution < -0.4 is 0 Å². The molecule has 1 atom stereocenters. The minimum Gasteiger partial charge on any atom is -0.298 e. The molecule has 16 heavy (non-hydrogen) atoms. The summed E-state index contributed by atoms with van der Waals surface area (Å²) in [5.74, 6) is 0. The zero-order valence-electron chi connectivity index (χ0n) is 10.4. The van der Waals surface area contributed by atoms with Crippen LogP contribution in [0.3, 0.4) is 0 Å². The monoisotopic (exact) mass is 215 g/mol. The Hall–Kier alpha value is -0.820. The van der Waals surface area contributed by atoms with Gasteiger partial charge < -0.3 is 0 Å². The van der Waals surface area contributed by atoms with E-state index in [-0.39, 0.29) is 0 Å². The molecule has 1 aliphatic carbocycles. The van der Waals surface area contributed by atoms with Gasteiger partial charge in [0.15, 0.2) is 0 Å². The fourth-order valence-electron chi connectivity index (χ4n) is 3.43. The van der Waals surface area contributed by atoms with Gasteiger partial charge in [-0.1, -0.05) is 44.2 Å². The molecule has 0 amide bonds. The molecule has 2 aliphatic rings. The highest BCUT2D eigenvalue weighted by molar-refractivity contribution is 5.17. The summed E-state index contributed by atoms with van der Waals surface area (Å²) >= 11 is 0. The molecule has 1 aromatic carbocycles. The Morgan fingerprint density at radius 2 is 1.88 bits per heavy atom. The Balaban J connectivity index is 1.64. The first-order chi connectivity index (χ1) is 7.61. The molecule has 1 spiro atoms. The van der Waals surface area contributed by atoms with Crippen molar-refractivity contribution in [1.29, 1.82) is 0 Å². The summed E-state index contributed by atoms with van der Waals surface area (Å²) in [6, 6.07) is 10.9. The lowest BCUT2D eigenvalue weighted by atomic mass is 9.95. The first-order valence-corrected chi connectivity index (χ1v) is 6.38. The van der Waals surface area contributed by atoms with Gasteiger partial charge >= 0.3 is 0 Å². The van der Waals surface area contributed by atoms with Crippen molar-refractivity contribution >= 4 is 0 Å². The van der Waals surface area contributed by atoms with E-state index in [9.17, 15) is 0 Å². The van der Waals surface area contributed by atoms with Crippen LogP contribution in [0.25, 0.3) is 0 Å². The highest BCUT2D eigenvalue weighted by Crippen LogP contribution is 2.67. The predicted octanol–water partition coefficient (Wildman–Crippen LogP) is 3.31. The normalized spacial score (nSPS) is 32.1. The summed E-state index contributed by atoms with van der Waals surface area (Å²) < 4.78 is 0. The van der Waals surface area contributed by atoms with Crippen molar-refractivity contribution < 1.29 is 0 Å². The standard InChI is InChI=1S/C15H21N/c1-14(2)11-15(14)8-9-16(12-15)10-13-6-4-3-5-7-13/h3-7H,8-12H2,1-2H3. The third-order valence-electron chi connectivity index (χ3n) is 4.77. The van der Waals surface area contributed by atoms with E-state index in [2.05, 4.69) is 49.1 Å². The Morgan fingerprint density at radius 1 is 1.19 bits per heavy atom. The summed E-state index contributed by atoms with van der Waals surface area (Å²) in [6.45, 7) is 8.60. The van der Waals surface area contributed by atoms with Crippen molar-refractivity contribution in [2.45, 2.75) is 33.2 Å². The van der Waals surface area contributed by atoms with Crippen LogP contribution in [0.1, 0.15) is 32.3 Å². The second-order valence-electron chi connectivity index (χ2n) is 6.29. The maximum atomic E-state index is 2.63. The second-order valence-corrected chi connectivity index (χ2v) is 6.29. The maximum absolute atomic E-state index is 2.63. The lowest BCUT2D eigenvalue weighted by Gasteiger charge is -2.17. The quantitative estimate of drug-likeness (QED) is 0.731. The zero-order valence-corrected chi connectivity index (χ0v) is 10.4. The molecule has 1 aliphatic heterocycles. The number of nitrogens with zero attached hydrogens (tertiary/aromatic N) is 1. The predicted molar refractivity (Wildman–Crippen MR) is 67.2 cm³/mol. The second kappa shape index (κ2) is 3.33. The summed E-state index contributed by atoms with van der Waals surface area (Å²) in [6.07, 6.45) is 2.85. The van der Waals surface area contributed by atoms with E-state index in [1.807, 2.05) is 0 Å². The van der Waals surface area contributed by atoms with Crippen molar-refractivity contribution in [3.05, 3.63) is 35.9 Å². The Kier molecular flexibility index (Phi) is 2.16. The van der Waals surface area contributed by atoms with Gasteiger partial charge in [-0.05, 0) is 35.8 Å². The van der Waals surface area contributed by atoms with Gasteiger partial charge in [-0.3, -0.25) is 4.90 Å². The molecule has 1 heterocycles. The van der Waals surface area contributed by atoms with Gasteiger partial charge in [0, 0.05) is 13.1 Å². The molecule has 0 radical (unpaired) electrons. The Labute approximate surface area is 98.5 Å². The van der Waals surface area contributed by atoms with E-state index >= 15 is 0 Å². The highest BCUT2D eigenvalue weighted by Gasteiger charge is 2.62. The van der Waals surface area contributed by atoms with Gasteiger partial charge in [0.2, 0.25) is 0 Å². The highest BCUT2D eigenvalue weighted by atomic mass is 15.2. The van der Waals surface area contributed by atoms with E-state index in [0.29, 0.717) is 10.8 Å². The van der Waals surface area contributed by atoms with Crippen molar-refractivity contribution in [3.8, 4) is 0 Å². The summed E-state index contributed by atoms with van der Waals surface area (Å²) in [7, 11) is 0. The topological polar surface area (TPSA) is 3.24 Å². The van der Waals surface area contributed by atoms with Gasteiger partial charge in [0.05, 0.1) is 0 Å². The van der Waals surface area contributed by atoms with E-state index in [1.54, 1.807) is 0 Å². The lowest BCUT2D eigenvalue weighted by Crippen LogP contribution is -2.21. The molecule has 2 fully saturated rings. The molecule has 1 heteroatoms. The number of rotatable bonds is 2. The van der Waals surface area contributed by atoms with Crippen molar-refractivity contribution in [2.75, 3.05) is 13.1 Å². The van der Waals surface area contributed by atoms with Gasteiger partial charge in [0.1, 0.15) is 0 Å². The van der Waals surface area contributed by atoms with Crippen LogP contribution in [0.4, 0.5) is 0 Å². The summed E-state index contributed by atoms with van der Waals surface area (Å²) in [4.78, 5) is 2.63. The largest absolute Gasteiger partial charge is 0.298 e. The van der Waals surface area contributed by atoms with Gasteiger partial charge in [0.25, 0.3) is 0 Å². The fourth-order valence-corrected chi connectivity index (χ4v) is 3.43. The molecule has 1 nitrogen and oxygen atoms in total. The van der Waals surface area contributed by atoms with Crippen LogP contribution in [-0.4, -0.2) is 18.0 Å². The number of hydrogen-bond donors (Lipinski definition) is 0. The number of hydrogen-bond acceptors (Lipinski definition) is 1. The van der Waals surface area contributed by atoms with E-state index in [4.69, 9.17) is 0 Å². The van der Waals surface area contributed by atoms with Crippen molar-refractivity contribution in [3.63, 3.8) is 0 Å². The van der Waals surface area contributed by atoms with Crippen LogP contribution in [-0.2, 0) is 6.54 Å². The van der Waals surface area contributed by atoms with E-state index < -0.39 is 0 Å². The lowest BCUT2D eigenvalue weighted by molar-refractivity contribution is 0.294. The summed E-state index contributed by atoms with van der Waals surface area (Å²) in [5, 5.41) is 0. The van der Waals surface area contributed by atoms with E-state index in [1.165, 1.54) is 31.5 Å². The number of likely N-dealkylation sites (tertiary alicyclic amines) is 1. The minimum atomic E-state index is 0.610. The van der Waals surface area contributed by atoms with Crippen molar-refractivity contribution in [2.24, 2.45) is 10.8 Å². The molecule has 0 N–H and O–H groups in total. The first kappa shape index (κ1) is 10.3. The third kappa shape index (κ3) is 1.58. The van der Waals surface area contributed by atoms with Gasteiger partial charge in [-0.15, -0.1) is 0 Å². The van der Waals surface area contributed by atoms with Crippen LogP contribution in [0.2, 0.25) is 0 Å². The molecule has 86 valence electrons. The molecule has 1 saturated carbocycles. The Morgan fingerprint density at radius 3 is 2.44 bits per heavy atom. The average molecular weight is 215 g/mol. The van der Waals surface area contributed by atoms with Crippen LogP contribution >= 0.6 is 0 Å². The van der Waals surface area contributed by atoms with Gasteiger partial charge in [-0.2, -0.15) is 0 Å². The molecule has 0 bridgehead atoms. The minimum absolute atomic E-state index is 0.610. The van der Waals surface area contributed by atoms with Crippen LogP contribution in [0, 0.1) is 10.8 Å². The van der Waals surface area contributed by atoms with Crippen molar-refractivity contribution in [1.82, 2.24) is 4.90 Å². The average Bonchev–Trinajstić information content (AvgIpc) is 2.58. The molecular formula is C15H21N. The fraction of sp³-hybridized carbons (Fsp3) is 0.600. The third-order valence-corrected chi connectivity index (χ3v) is 4.77. The molecule has 1 unspecified atom stereocenters. The summed E-state index contributed by atoms with van der Waals surface area (Å²) in [5.41, 5.74) is 2.73. The van der Waals surface area contributed by atoms with Gasteiger partial charge in [-0.25, -0.2) is 0 Å². The molecular weight excluding hydrogens is 194 g/mol. The van der Waals surface area contributed by atoms with Crippen LogP contribution in [0.15, 0.2) is 30.3 Å². The maximum Gasteiger partial charge on any atom is 0.0233 e. The zero-order chi connectivity index (χ0) is 11.2. The van der Waals surface area contributed by atoms with Crippen LogP contribution in [0.5, 0.6) is 0 Å². The first-order valence-electron chi connectivity index (χ1n) is 6.38. The number of benzene rings is 1. The molecule has 3 rings (SSSR count). The molecule has 1 saturated heterocycles. The Bertz CT molecular complexity index is 382. The molecule has 1 aromatic rings. The SMILES string of the molecule is CC1(C)CC12CCN(Cc1ccccc1)C2.